The molecule has 0 radical (unpaired) electrons. The molecule has 0 saturated carbocycles. The van der Waals surface area contributed by atoms with Crippen molar-refractivity contribution in [1.29, 1.82) is 0 Å². The molecule has 2 heterocycles. The summed E-state index contributed by atoms with van der Waals surface area (Å²) >= 11 is 0. The van der Waals surface area contributed by atoms with Crippen LogP contribution in [0.4, 0.5) is 5.82 Å². The SMILES string of the molecule is CCc1nc(N)c2cn(C)cc2n1. The van der Waals surface area contributed by atoms with Gasteiger partial charge in [-0.05, 0) is 0 Å². The van der Waals surface area contributed by atoms with Gasteiger partial charge in [0, 0.05) is 25.9 Å². The van der Waals surface area contributed by atoms with Crippen LogP contribution in [0.5, 0.6) is 0 Å². The summed E-state index contributed by atoms with van der Waals surface area (Å²) < 4.78 is 1.94. The monoisotopic (exact) mass is 176 g/mol. The van der Waals surface area contributed by atoms with Gasteiger partial charge in [0.2, 0.25) is 0 Å². The third kappa shape index (κ3) is 1.24. The van der Waals surface area contributed by atoms with Crippen molar-refractivity contribution in [3.63, 3.8) is 0 Å². The molecular weight excluding hydrogens is 164 g/mol. The number of hydrogen-bond donors (Lipinski definition) is 1. The Morgan fingerprint density at radius 3 is 2.85 bits per heavy atom. The average molecular weight is 176 g/mol. The van der Waals surface area contributed by atoms with Crippen molar-refractivity contribution in [1.82, 2.24) is 14.5 Å². The second-order valence-corrected chi connectivity index (χ2v) is 3.10. The molecule has 0 bridgehead atoms. The number of aromatic nitrogens is 3. The minimum Gasteiger partial charge on any atom is -0.383 e. The number of nitrogen functional groups attached to an aromatic ring is 1. The summed E-state index contributed by atoms with van der Waals surface area (Å²) in [5.41, 5.74) is 6.70. The van der Waals surface area contributed by atoms with Crippen molar-refractivity contribution in [3.8, 4) is 0 Å². The van der Waals surface area contributed by atoms with Gasteiger partial charge in [-0.1, -0.05) is 6.92 Å². The van der Waals surface area contributed by atoms with Crippen molar-refractivity contribution in [2.24, 2.45) is 7.05 Å². The average Bonchev–Trinajstić information content (AvgIpc) is 2.46. The fraction of sp³-hybridized carbons (Fsp3) is 0.333. The lowest BCUT2D eigenvalue weighted by Gasteiger charge is -1.98. The van der Waals surface area contributed by atoms with Gasteiger partial charge in [-0.3, -0.25) is 0 Å². The highest BCUT2D eigenvalue weighted by atomic mass is 15.0. The molecule has 2 rings (SSSR count). The fourth-order valence-corrected chi connectivity index (χ4v) is 1.38. The number of nitrogens with two attached hydrogens (primary N) is 1. The van der Waals surface area contributed by atoms with Gasteiger partial charge < -0.3 is 10.3 Å². The van der Waals surface area contributed by atoms with Crippen LogP contribution in [0.2, 0.25) is 0 Å². The molecule has 0 saturated heterocycles. The summed E-state index contributed by atoms with van der Waals surface area (Å²) in [7, 11) is 1.95. The molecule has 0 unspecified atom stereocenters. The Morgan fingerprint density at radius 1 is 1.38 bits per heavy atom. The lowest BCUT2D eigenvalue weighted by molar-refractivity contribution is 0.930. The molecule has 0 aliphatic rings. The smallest absolute Gasteiger partial charge is 0.136 e. The van der Waals surface area contributed by atoms with Crippen molar-refractivity contribution in [2.75, 3.05) is 5.73 Å². The van der Waals surface area contributed by atoms with E-state index in [0.717, 1.165) is 23.1 Å². The van der Waals surface area contributed by atoms with Gasteiger partial charge in [0.1, 0.15) is 11.6 Å². The molecule has 4 heteroatoms. The number of hydrogen-bond acceptors (Lipinski definition) is 3. The largest absolute Gasteiger partial charge is 0.383 e. The van der Waals surface area contributed by atoms with Crippen molar-refractivity contribution >= 4 is 16.7 Å². The zero-order chi connectivity index (χ0) is 9.42. The van der Waals surface area contributed by atoms with Crippen LogP contribution >= 0.6 is 0 Å². The summed E-state index contributed by atoms with van der Waals surface area (Å²) in [6.07, 6.45) is 4.70. The van der Waals surface area contributed by atoms with Gasteiger partial charge >= 0.3 is 0 Å². The van der Waals surface area contributed by atoms with Crippen LogP contribution in [0.25, 0.3) is 10.9 Å². The van der Waals surface area contributed by atoms with Gasteiger partial charge in [-0.25, -0.2) is 9.97 Å². The summed E-state index contributed by atoms with van der Waals surface area (Å²) in [6, 6.07) is 0. The van der Waals surface area contributed by atoms with E-state index >= 15 is 0 Å². The van der Waals surface area contributed by atoms with Gasteiger partial charge in [-0.15, -0.1) is 0 Å². The Morgan fingerprint density at radius 2 is 2.15 bits per heavy atom. The molecule has 0 fully saturated rings. The molecule has 68 valence electrons. The van der Waals surface area contributed by atoms with Crippen LogP contribution in [0, 0.1) is 0 Å². The van der Waals surface area contributed by atoms with Crippen LogP contribution in [0.3, 0.4) is 0 Å². The quantitative estimate of drug-likeness (QED) is 0.708. The van der Waals surface area contributed by atoms with E-state index in [2.05, 4.69) is 9.97 Å². The lowest BCUT2D eigenvalue weighted by atomic mass is 10.3. The molecule has 4 nitrogen and oxygen atoms in total. The van der Waals surface area contributed by atoms with Crippen LogP contribution in [-0.2, 0) is 13.5 Å². The van der Waals surface area contributed by atoms with E-state index in [4.69, 9.17) is 5.73 Å². The second kappa shape index (κ2) is 2.73. The highest BCUT2D eigenvalue weighted by molar-refractivity contribution is 5.87. The molecular formula is C9H12N4. The van der Waals surface area contributed by atoms with E-state index in [1.54, 1.807) is 0 Å². The first-order valence-corrected chi connectivity index (χ1v) is 4.28. The predicted molar refractivity (Wildman–Crippen MR) is 52.3 cm³/mol. The van der Waals surface area contributed by atoms with Crippen LogP contribution in [0.1, 0.15) is 12.7 Å². The Labute approximate surface area is 76.4 Å². The molecule has 2 N–H and O–H groups in total. The fourth-order valence-electron chi connectivity index (χ4n) is 1.38. The molecule has 0 aliphatic heterocycles. The Kier molecular flexibility index (Phi) is 1.69. The molecule has 0 amide bonds. The highest BCUT2D eigenvalue weighted by Crippen LogP contribution is 2.17. The number of rotatable bonds is 1. The minimum absolute atomic E-state index is 0.572. The molecule has 2 aromatic rings. The van der Waals surface area contributed by atoms with Gasteiger partial charge in [0.05, 0.1) is 10.9 Å². The maximum absolute atomic E-state index is 5.78. The van der Waals surface area contributed by atoms with E-state index in [0.29, 0.717) is 5.82 Å². The molecule has 0 aromatic carbocycles. The summed E-state index contributed by atoms with van der Waals surface area (Å²) in [6.45, 7) is 2.02. The second-order valence-electron chi connectivity index (χ2n) is 3.10. The highest BCUT2D eigenvalue weighted by Gasteiger charge is 2.04. The minimum atomic E-state index is 0.572. The predicted octanol–water partition coefficient (Wildman–Crippen LogP) is 1.11. The topological polar surface area (TPSA) is 56.7 Å². The van der Waals surface area contributed by atoms with Gasteiger partial charge in [0.25, 0.3) is 0 Å². The number of anilines is 1. The van der Waals surface area contributed by atoms with Crippen LogP contribution in [-0.4, -0.2) is 14.5 Å². The van der Waals surface area contributed by atoms with Crippen molar-refractivity contribution in [3.05, 3.63) is 18.2 Å². The standard InChI is InChI=1S/C9H12N4/c1-3-8-11-7-5-13(2)4-6(7)9(10)12-8/h4-5H,3H2,1-2H3,(H2,10,11,12). The van der Waals surface area contributed by atoms with Crippen molar-refractivity contribution < 1.29 is 0 Å². The number of aryl methyl sites for hydroxylation is 2. The Hall–Kier alpha value is -1.58. The van der Waals surface area contributed by atoms with Crippen molar-refractivity contribution in [2.45, 2.75) is 13.3 Å². The van der Waals surface area contributed by atoms with Crippen LogP contribution < -0.4 is 5.73 Å². The Bertz CT molecular complexity index is 444. The van der Waals surface area contributed by atoms with Crippen LogP contribution in [0.15, 0.2) is 12.4 Å². The van der Waals surface area contributed by atoms with Gasteiger partial charge in [-0.2, -0.15) is 0 Å². The van der Waals surface area contributed by atoms with E-state index in [9.17, 15) is 0 Å². The number of fused-ring (bicyclic) bond motifs is 1. The van der Waals surface area contributed by atoms with E-state index in [1.165, 1.54) is 0 Å². The number of nitrogens with zero attached hydrogens (tertiary/aromatic N) is 3. The first kappa shape index (κ1) is 8.04. The summed E-state index contributed by atoms with van der Waals surface area (Å²) in [4.78, 5) is 8.55. The molecule has 0 atom stereocenters. The molecule has 0 aliphatic carbocycles. The Balaban J connectivity index is 2.75. The van der Waals surface area contributed by atoms with E-state index in [1.807, 2.05) is 30.9 Å². The zero-order valence-corrected chi connectivity index (χ0v) is 7.78. The summed E-state index contributed by atoms with van der Waals surface area (Å²) in [5.74, 6) is 1.37. The molecule has 13 heavy (non-hydrogen) atoms. The zero-order valence-electron chi connectivity index (χ0n) is 7.78. The first-order valence-electron chi connectivity index (χ1n) is 4.28. The molecule has 0 spiro atoms. The van der Waals surface area contributed by atoms with E-state index in [-0.39, 0.29) is 0 Å². The third-order valence-corrected chi connectivity index (χ3v) is 2.03. The maximum atomic E-state index is 5.78. The maximum Gasteiger partial charge on any atom is 0.136 e. The van der Waals surface area contributed by atoms with E-state index < -0.39 is 0 Å². The normalized spacial score (nSPS) is 10.9. The third-order valence-electron chi connectivity index (χ3n) is 2.03. The lowest BCUT2D eigenvalue weighted by Crippen LogP contribution is -1.98. The van der Waals surface area contributed by atoms with Gasteiger partial charge in [0.15, 0.2) is 0 Å². The first-order chi connectivity index (χ1) is 6.20. The molecule has 2 aromatic heterocycles. The summed E-state index contributed by atoms with van der Waals surface area (Å²) in [5, 5.41) is 0.930.